The highest BCUT2D eigenvalue weighted by Crippen LogP contribution is 2.31. The number of ether oxygens (including phenoxy) is 1. The number of benzene rings is 3. The monoisotopic (exact) mass is 352 g/mol. The topological polar surface area (TPSA) is 56.5 Å². The van der Waals surface area contributed by atoms with E-state index in [-0.39, 0.29) is 0 Å². The molecule has 0 bridgehead atoms. The molecule has 0 N–H and O–H groups in total. The summed E-state index contributed by atoms with van der Waals surface area (Å²) in [4.78, 5) is 24.1. The Labute approximate surface area is 147 Å². The number of esters is 1. The first-order valence-corrected chi connectivity index (χ1v) is 8.22. The van der Waals surface area contributed by atoms with Crippen molar-refractivity contribution >= 4 is 50.1 Å². The quantitative estimate of drug-likeness (QED) is 0.173. The molecule has 0 unspecified atom stereocenters. The second kappa shape index (κ2) is 5.90. The van der Waals surface area contributed by atoms with Crippen molar-refractivity contribution in [1.82, 2.24) is 0 Å². The number of carbonyl (C=O) groups is 1. The van der Waals surface area contributed by atoms with Gasteiger partial charge in [-0.1, -0.05) is 30.3 Å². The summed E-state index contributed by atoms with van der Waals surface area (Å²) < 4.78 is 10.8. The van der Waals surface area contributed by atoms with Crippen LogP contribution in [0.4, 0.5) is 0 Å². The molecule has 0 saturated heterocycles. The van der Waals surface area contributed by atoms with E-state index in [1.54, 1.807) is 25.1 Å². The third-order valence-electron chi connectivity index (χ3n) is 4.12. The van der Waals surface area contributed by atoms with Crippen molar-refractivity contribution < 1.29 is 13.9 Å². The lowest BCUT2D eigenvalue weighted by Crippen LogP contribution is -2.17. The summed E-state index contributed by atoms with van der Waals surface area (Å²) in [7, 11) is 0. The minimum absolute atomic E-state index is 0.338. The Morgan fingerprint density at radius 3 is 2.56 bits per heavy atom. The van der Waals surface area contributed by atoms with Gasteiger partial charge in [0.25, 0.3) is 0 Å². The first kappa shape index (κ1) is 15.7. The molecule has 0 spiro atoms. The van der Waals surface area contributed by atoms with E-state index in [9.17, 15) is 9.59 Å². The van der Waals surface area contributed by atoms with Gasteiger partial charge in [-0.25, -0.2) is 4.79 Å². The molecule has 4 nitrogen and oxygen atoms in total. The highest BCUT2D eigenvalue weighted by atomic mass is 35.5. The first-order chi connectivity index (χ1) is 12.0. The third-order valence-corrected chi connectivity index (χ3v) is 4.30. The van der Waals surface area contributed by atoms with E-state index in [4.69, 9.17) is 20.8 Å². The van der Waals surface area contributed by atoms with Crippen LogP contribution in [0.1, 0.15) is 6.92 Å². The molecule has 0 aliphatic heterocycles. The Bertz CT molecular complexity index is 1190. The molecule has 0 fully saturated rings. The minimum atomic E-state index is -0.753. The van der Waals surface area contributed by atoms with Crippen molar-refractivity contribution in [3.05, 3.63) is 65.0 Å². The van der Waals surface area contributed by atoms with Gasteiger partial charge in [0, 0.05) is 16.2 Å². The van der Waals surface area contributed by atoms with Gasteiger partial charge >= 0.3 is 11.6 Å². The first-order valence-electron chi connectivity index (χ1n) is 7.79. The van der Waals surface area contributed by atoms with Crippen LogP contribution in [0.25, 0.3) is 32.5 Å². The Balaban J connectivity index is 2.02. The summed E-state index contributed by atoms with van der Waals surface area (Å²) in [6, 6.07) is 16.4. The van der Waals surface area contributed by atoms with Gasteiger partial charge in [-0.2, -0.15) is 0 Å². The molecule has 0 radical (unpaired) electrons. The molecule has 25 heavy (non-hydrogen) atoms. The molecule has 0 aliphatic carbocycles. The van der Waals surface area contributed by atoms with Crippen LogP contribution in [0, 0.1) is 0 Å². The summed E-state index contributed by atoms with van der Waals surface area (Å²) in [5.41, 5.74) is 0.0900. The van der Waals surface area contributed by atoms with Crippen molar-refractivity contribution in [2.45, 2.75) is 12.3 Å². The fraction of sp³-hybridized carbons (Fsp3) is 0.100. The molecular weight excluding hydrogens is 340 g/mol. The predicted molar refractivity (Wildman–Crippen MR) is 98.4 cm³/mol. The molecule has 1 aromatic heterocycles. The Hall–Kier alpha value is -2.85. The normalized spacial score (nSPS) is 12.6. The maximum Gasteiger partial charge on any atom is 0.344 e. The van der Waals surface area contributed by atoms with Gasteiger partial charge in [0.2, 0.25) is 0 Å². The molecule has 0 aliphatic rings. The van der Waals surface area contributed by atoms with Crippen molar-refractivity contribution in [1.29, 1.82) is 0 Å². The van der Waals surface area contributed by atoms with Crippen molar-refractivity contribution in [3.8, 4) is 5.75 Å². The van der Waals surface area contributed by atoms with Gasteiger partial charge < -0.3 is 9.15 Å². The van der Waals surface area contributed by atoms with Crippen LogP contribution < -0.4 is 10.4 Å². The van der Waals surface area contributed by atoms with Crippen molar-refractivity contribution in [3.63, 3.8) is 0 Å². The molecule has 124 valence electrons. The second-order valence-corrected chi connectivity index (χ2v) is 6.45. The summed E-state index contributed by atoms with van der Waals surface area (Å²) in [6.45, 7) is 1.54. The number of carbonyl (C=O) groups excluding carboxylic acids is 1. The minimum Gasteiger partial charge on any atom is -0.425 e. The van der Waals surface area contributed by atoms with E-state index < -0.39 is 17.0 Å². The van der Waals surface area contributed by atoms with E-state index in [0.29, 0.717) is 22.1 Å². The number of rotatable bonds is 2. The number of halogens is 1. The van der Waals surface area contributed by atoms with Gasteiger partial charge in [0.1, 0.15) is 16.7 Å². The number of fused-ring (bicyclic) bond motifs is 5. The van der Waals surface area contributed by atoms with Crippen LogP contribution in [0.15, 0.2) is 63.8 Å². The van der Waals surface area contributed by atoms with Gasteiger partial charge in [-0.15, -0.1) is 11.6 Å². The maximum absolute atomic E-state index is 12.4. The van der Waals surface area contributed by atoms with Crippen LogP contribution in [0.2, 0.25) is 0 Å². The standard InChI is InChI=1S/C20H13ClO4/c1-11(21)19(22)24-13-7-9-16-17(10-13)15-8-6-12-4-2-3-5-14(12)18(15)25-20(16)23/h2-11H,1H3/t11-/m0/s1. The van der Waals surface area contributed by atoms with E-state index >= 15 is 0 Å². The SMILES string of the molecule is C[C@H](Cl)C(=O)Oc1ccc2c(=O)oc3c4ccccc4ccc3c2c1. The van der Waals surface area contributed by atoms with Crippen molar-refractivity contribution in [2.24, 2.45) is 0 Å². The van der Waals surface area contributed by atoms with Crippen molar-refractivity contribution in [2.75, 3.05) is 0 Å². The van der Waals surface area contributed by atoms with Gasteiger partial charge in [-0.3, -0.25) is 4.79 Å². The average molecular weight is 353 g/mol. The fourth-order valence-corrected chi connectivity index (χ4v) is 2.94. The molecule has 4 rings (SSSR count). The zero-order chi connectivity index (χ0) is 17.6. The van der Waals surface area contributed by atoms with Crippen LogP contribution in [0.5, 0.6) is 5.75 Å². The zero-order valence-electron chi connectivity index (χ0n) is 13.3. The molecule has 1 heterocycles. The Kier molecular flexibility index (Phi) is 3.70. The molecular formula is C20H13ClO4. The van der Waals surface area contributed by atoms with E-state index in [1.807, 2.05) is 36.4 Å². The molecule has 3 aromatic carbocycles. The Morgan fingerprint density at radius 1 is 1.00 bits per heavy atom. The zero-order valence-corrected chi connectivity index (χ0v) is 14.0. The molecule has 1 atom stereocenters. The lowest BCUT2D eigenvalue weighted by molar-refractivity contribution is -0.133. The smallest absolute Gasteiger partial charge is 0.344 e. The summed E-state index contributed by atoms with van der Waals surface area (Å²) in [5, 5.41) is 2.97. The molecule has 4 aromatic rings. The summed E-state index contributed by atoms with van der Waals surface area (Å²) in [6.07, 6.45) is 0. The van der Waals surface area contributed by atoms with Gasteiger partial charge in [-0.05, 0) is 36.6 Å². The summed E-state index contributed by atoms with van der Waals surface area (Å²) in [5.74, 6) is -0.205. The van der Waals surface area contributed by atoms with Crippen LogP contribution in [0.3, 0.4) is 0 Å². The summed E-state index contributed by atoms with van der Waals surface area (Å²) >= 11 is 5.74. The van der Waals surface area contributed by atoms with Crippen LogP contribution in [-0.2, 0) is 4.79 Å². The number of alkyl halides is 1. The highest BCUT2D eigenvalue weighted by molar-refractivity contribution is 6.29. The van der Waals surface area contributed by atoms with E-state index in [0.717, 1.165) is 16.2 Å². The predicted octanol–water partition coefficient (Wildman–Crippen LogP) is 4.63. The average Bonchev–Trinajstić information content (AvgIpc) is 2.61. The van der Waals surface area contributed by atoms with E-state index in [2.05, 4.69) is 0 Å². The maximum atomic E-state index is 12.4. The van der Waals surface area contributed by atoms with Gasteiger partial charge in [0.05, 0.1) is 5.39 Å². The fourth-order valence-electron chi connectivity index (χ4n) is 2.90. The Morgan fingerprint density at radius 2 is 1.76 bits per heavy atom. The second-order valence-electron chi connectivity index (χ2n) is 5.80. The highest BCUT2D eigenvalue weighted by Gasteiger charge is 2.15. The van der Waals surface area contributed by atoms with E-state index in [1.165, 1.54) is 0 Å². The molecule has 0 amide bonds. The third kappa shape index (κ3) is 2.65. The number of hydrogen-bond donors (Lipinski definition) is 0. The van der Waals surface area contributed by atoms with Gasteiger partial charge in [0.15, 0.2) is 0 Å². The molecule has 5 heteroatoms. The number of hydrogen-bond acceptors (Lipinski definition) is 4. The lowest BCUT2D eigenvalue weighted by Gasteiger charge is -2.09. The van der Waals surface area contributed by atoms with Crippen LogP contribution in [-0.4, -0.2) is 11.3 Å². The molecule has 0 saturated carbocycles. The van der Waals surface area contributed by atoms with Crippen LogP contribution >= 0.6 is 11.6 Å². The lowest BCUT2D eigenvalue weighted by atomic mass is 10.0. The largest absolute Gasteiger partial charge is 0.425 e.